The van der Waals surface area contributed by atoms with Crippen LogP contribution in [0.3, 0.4) is 0 Å². The van der Waals surface area contributed by atoms with E-state index in [-0.39, 0.29) is 6.04 Å². The second-order valence-corrected chi connectivity index (χ2v) is 7.91. The van der Waals surface area contributed by atoms with Crippen molar-refractivity contribution < 1.29 is 14.3 Å². The third-order valence-corrected chi connectivity index (χ3v) is 5.50. The van der Waals surface area contributed by atoms with Crippen LogP contribution >= 0.6 is 0 Å². The summed E-state index contributed by atoms with van der Waals surface area (Å²) in [7, 11) is 7.55. The molecule has 160 valence electrons. The molecule has 0 saturated heterocycles. The molecule has 2 aromatic carbocycles. The van der Waals surface area contributed by atoms with E-state index < -0.39 is 11.8 Å². The summed E-state index contributed by atoms with van der Waals surface area (Å²) in [6, 6.07) is 11.8. The zero-order chi connectivity index (χ0) is 21.8. The molecule has 0 fully saturated rings. The van der Waals surface area contributed by atoms with Crippen molar-refractivity contribution in [1.82, 2.24) is 10.2 Å². The number of methoxy groups -OCH3 is 1. The van der Waals surface area contributed by atoms with Gasteiger partial charge >= 0.3 is 11.8 Å². The number of hydrogen-bond acceptors (Lipinski definition) is 5. The van der Waals surface area contributed by atoms with Crippen molar-refractivity contribution in [1.29, 1.82) is 0 Å². The van der Waals surface area contributed by atoms with Crippen LogP contribution in [0.2, 0.25) is 0 Å². The van der Waals surface area contributed by atoms with E-state index in [0.29, 0.717) is 18.0 Å². The minimum atomic E-state index is -0.716. The number of anilines is 2. The maximum Gasteiger partial charge on any atom is 0.313 e. The van der Waals surface area contributed by atoms with E-state index in [1.807, 2.05) is 32.0 Å². The fraction of sp³-hybridized carbons (Fsp3) is 0.391. The number of fused-ring (bicyclic) bond motifs is 1. The molecule has 0 spiro atoms. The lowest BCUT2D eigenvalue weighted by atomic mass is 10.0. The first-order valence-electron chi connectivity index (χ1n) is 10.0. The summed E-state index contributed by atoms with van der Waals surface area (Å²) < 4.78 is 5.26. The minimum absolute atomic E-state index is 0.0357. The molecular formula is C23H30N4O3. The molecule has 2 amide bonds. The van der Waals surface area contributed by atoms with Gasteiger partial charge in [-0.25, -0.2) is 0 Å². The fourth-order valence-electron chi connectivity index (χ4n) is 3.76. The van der Waals surface area contributed by atoms with Crippen LogP contribution in [0.5, 0.6) is 5.75 Å². The zero-order valence-electron chi connectivity index (χ0n) is 18.3. The maximum absolute atomic E-state index is 12.4. The fourth-order valence-corrected chi connectivity index (χ4v) is 3.76. The van der Waals surface area contributed by atoms with Crippen LogP contribution in [0, 0.1) is 6.92 Å². The predicted molar refractivity (Wildman–Crippen MR) is 119 cm³/mol. The lowest BCUT2D eigenvalue weighted by Gasteiger charge is -2.26. The van der Waals surface area contributed by atoms with E-state index in [2.05, 4.69) is 40.8 Å². The summed E-state index contributed by atoms with van der Waals surface area (Å²) in [4.78, 5) is 29.1. The van der Waals surface area contributed by atoms with Crippen molar-refractivity contribution >= 4 is 23.2 Å². The summed E-state index contributed by atoms with van der Waals surface area (Å²) in [5, 5.41) is 5.41. The van der Waals surface area contributed by atoms with Crippen molar-refractivity contribution in [3.8, 4) is 5.75 Å². The molecule has 1 aliphatic rings. The van der Waals surface area contributed by atoms with Crippen LogP contribution in [0.15, 0.2) is 36.4 Å². The Kier molecular flexibility index (Phi) is 6.62. The van der Waals surface area contributed by atoms with Crippen molar-refractivity contribution in [3.05, 3.63) is 53.1 Å². The van der Waals surface area contributed by atoms with Gasteiger partial charge in [-0.2, -0.15) is 0 Å². The monoisotopic (exact) mass is 410 g/mol. The zero-order valence-corrected chi connectivity index (χ0v) is 18.3. The number of carbonyl (C=O) groups excluding carboxylic acids is 2. The molecular weight excluding hydrogens is 380 g/mol. The lowest BCUT2D eigenvalue weighted by Crippen LogP contribution is -2.40. The van der Waals surface area contributed by atoms with Gasteiger partial charge in [0.1, 0.15) is 5.75 Å². The summed E-state index contributed by atoms with van der Waals surface area (Å²) in [6.45, 7) is 3.26. The number of benzene rings is 2. The molecule has 0 aliphatic carbocycles. The Hall–Kier alpha value is -3.06. The highest BCUT2D eigenvalue weighted by Gasteiger charge is 2.22. The largest absolute Gasteiger partial charge is 0.495 e. The first kappa shape index (κ1) is 21.6. The number of likely N-dealkylation sites (N-methyl/N-ethyl adjacent to an activating group) is 2. The van der Waals surface area contributed by atoms with Crippen molar-refractivity contribution in [2.75, 3.05) is 51.6 Å². The molecule has 7 heteroatoms. The van der Waals surface area contributed by atoms with Gasteiger partial charge in [-0.1, -0.05) is 18.2 Å². The number of amides is 2. The van der Waals surface area contributed by atoms with Crippen LogP contribution in [0.1, 0.15) is 22.7 Å². The molecule has 0 radical (unpaired) electrons. The van der Waals surface area contributed by atoms with Gasteiger partial charge in [0, 0.05) is 25.8 Å². The number of rotatable bonds is 6. The molecule has 0 aromatic heterocycles. The van der Waals surface area contributed by atoms with Gasteiger partial charge in [-0.05, 0) is 62.3 Å². The third-order valence-electron chi connectivity index (χ3n) is 5.50. The standard InChI is InChI=1S/C23H30N4O3/c1-15-6-9-21(30-5)18(12-15)25-23(29)22(28)24-14-20(26(2)3)16-7-8-19-17(13-16)10-11-27(19)4/h6-9,12-13,20H,10-11,14H2,1-5H3,(H,24,28)(H,25,29)/t20-/m0/s1. The number of hydrogen-bond donors (Lipinski definition) is 2. The number of ether oxygens (including phenoxy) is 1. The molecule has 0 saturated carbocycles. The molecule has 1 heterocycles. The van der Waals surface area contributed by atoms with Crippen molar-refractivity contribution in [2.45, 2.75) is 19.4 Å². The SMILES string of the molecule is COc1ccc(C)cc1NC(=O)C(=O)NC[C@@H](c1ccc2c(c1)CCN2C)N(C)C. The Bertz CT molecular complexity index is 942. The van der Waals surface area contributed by atoms with Crippen LogP contribution < -0.4 is 20.3 Å². The molecule has 0 unspecified atom stereocenters. The van der Waals surface area contributed by atoms with Gasteiger partial charge in [0.05, 0.1) is 18.8 Å². The topological polar surface area (TPSA) is 73.9 Å². The van der Waals surface area contributed by atoms with E-state index in [1.165, 1.54) is 18.4 Å². The Morgan fingerprint density at radius 1 is 1.17 bits per heavy atom. The highest BCUT2D eigenvalue weighted by Crippen LogP contribution is 2.30. The smallest absolute Gasteiger partial charge is 0.313 e. The Labute approximate surface area is 178 Å². The molecule has 1 aliphatic heterocycles. The quantitative estimate of drug-likeness (QED) is 0.716. The average Bonchev–Trinajstić information content (AvgIpc) is 3.08. The predicted octanol–water partition coefficient (Wildman–Crippen LogP) is 2.35. The lowest BCUT2D eigenvalue weighted by molar-refractivity contribution is -0.136. The van der Waals surface area contributed by atoms with Crippen LogP contribution in [0.25, 0.3) is 0 Å². The molecule has 0 bridgehead atoms. The van der Waals surface area contributed by atoms with E-state index in [9.17, 15) is 9.59 Å². The number of carbonyl (C=O) groups is 2. The minimum Gasteiger partial charge on any atom is -0.495 e. The molecule has 1 atom stereocenters. The third kappa shape index (κ3) is 4.74. The molecule has 2 aromatic rings. The van der Waals surface area contributed by atoms with Crippen LogP contribution in [-0.4, -0.2) is 58.1 Å². The second-order valence-electron chi connectivity index (χ2n) is 7.91. The maximum atomic E-state index is 12.4. The second kappa shape index (κ2) is 9.17. The van der Waals surface area contributed by atoms with Gasteiger partial charge in [-0.15, -0.1) is 0 Å². The Morgan fingerprint density at radius 2 is 1.93 bits per heavy atom. The summed E-state index contributed by atoms with van der Waals surface area (Å²) in [6.07, 6.45) is 1.02. The first-order chi connectivity index (χ1) is 14.3. The normalized spacial score (nSPS) is 13.7. The highest BCUT2D eigenvalue weighted by molar-refractivity contribution is 6.39. The first-order valence-corrected chi connectivity index (χ1v) is 10.0. The van der Waals surface area contributed by atoms with Gasteiger partial charge in [0.2, 0.25) is 0 Å². The Balaban J connectivity index is 1.66. The number of aryl methyl sites for hydroxylation is 1. The van der Waals surface area contributed by atoms with Crippen molar-refractivity contribution in [2.24, 2.45) is 0 Å². The summed E-state index contributed by atoms with van der Waals surface area (Å²) >= 11 is 0. The van der Waals surface area contributed by atoms with Crippen LogP contribution in [-0.2, 0) is 16.0 Å². The van der Waals surface area contributed by atoms with E-state index >= 15 is 0 Å². The van der Waals surface area contributed by atoms with Gasteiger partial charge in [-0.3, -0.25) is 9.59 Å². The van der Waals surface area contributed by atoms with E-state index in [0.717, 1.165) is 24.1 Å². The molecule has 2 N–H and O–H groups in total. The van der Waals surface area contributed by atoms with E-state index in [1.54, 1.807) is 12.1 Å². The van der Waals surface area contributed by atoms with Gasteiger partial charge < -0.3 is 25.2 Å². The molecule has 30 heavy (non-hydrogen) atoms. The highest BCUT2D eigenvalue weighted by atomic mass is 16.5. The van der Waals surface area contributed by atoms with E-state index in [4.69, 9.17) is 4.74 Å². The average molecular weight is 411 g/mol. The Morgan fingerprint density at radius 3 is 2.63 bits per heavy atom. The van der Waals surface area contributed by atoms with Crippen LogP contribution in [0.4, 0.5) is 11.4 Å². The van der Waals surface area contributed by atoms with Gasteiger partial charge in [0.15, 0.2) is 0 Å². The number of nitrogens with zero attached hydrogens (tertiary/aromatic N) is 2. The molecule has 7 nitrogen and oxygen atoms in total. The van der Waals surface area contributed by atoms with Gasteiger partial charge in [0.25, 0.3) is 0 Å². The summed E-state index contributed by atoms with van der Waals surface area (Å²) in [5.74, 6) is -0.880. The number of nitrogens with one attached hydrogen (secondary N) is 2. The van der Waals surface area contributed by atoms with Crippen molar-refractivity contribution in [3.63, 3.8) is 0 Å². The molecule has 3 rings (SSSR count). The summed E-state index contributed by atoms with van der Waals surface area (Å²) in [5.41, 5.74) is 5.13.